The molecule has 0 saturated carbocycles. The third-order valence-electron chi connectivity index (χ3n) is 6.17. The van der Waals surface area contributed by atoms with Crippen molar-refractivity contribution in [2.45, 2.75) is 29.2 Å². The standard InChI is InChI=1S/C25H23F3N6O2S/c26-25(27,28)18-11-17(23-22(12-18)32-15-33-23)2-1-16-13-30-24(31-14-16)34-19-3-5-20(6-4-19)37(35,36)21-7-9-29-10-8-21/h1-6,11-15,21,29H,7-10H2,(H,32,33)(H,30,31,34). The first kappa shape index (κ1) is 24.9. The van der Waals surface area contributed by atoms with Gasteiger partial charge in [0.05, 0.1) is 33.1 Å². The first-order chi connectivity index (χ1) is 17.7. The Bertz CT molecular complexity index is 1530. The van der Waals surface area contributed by atoms with Crippen molar-refractivity contribution in [1.82, 2.24) is 25.3 Å². The van der Waals surface area contributed by atoms with E-state index < -0.39 is 21.6 Å². The van der Waals surface area contributed by atoms with Crippen molar-refractivity contribution in [3.63, 3.8) is 0 Å². The number of alkyl halides is 3. The number of halogens is 3. The number of H-pyrrole nitrogens is 1. The lowest BCUT2D eigenvalue weighted by atomic mass is 10.1. The quantitative estimate of drug-likeness (QED) is 0.329. The van der Waals surface area contributed by atoms with Crippen molar-refractivity contribution in [2.24, 2.45) is 0 Å². The van der Waals surface area contributed by atoms with Crippen LogP contribution in [0.5, 0.6) is 0 Å². The lowest BCUT2D eigenvalue weighted by Crippen LogP contribution is -2.35. The summed E-state index contributed by atoms with van der Waals surface area (Å²) < 4.78 is 65.4. The van der Waals surface area contributed by atoms with Crippen LogP contribution < -0.4 is 10.6 Å². The number of nitrogens with zero attached hydrogens (tertiary/aromatic N) is 3. The van der Waals surface area contributed by atoms with Crippen molar-refractivity contribution in [2.75, 3.05) is 18.4 Å². The van der Waals surface area contributed by atoms with Crippen molar-refractivity contribution in [3.8, 4) is 0 Å². The van der Waals surface area contributed by atoms with Crippen molar-refractivity contribution in [1.29, 1.82) is 0 Å². The Hall–Kier alpha value is -3.77. The van der Waals surface area contributed by atoms with E-state index in [1.54, 1.807) is 30.3 Å². The molecule has 0 aliphatic carbocycles. The van der Waals surface area contributed by atoms with Gasteiger partial charge in [-0.1, -0.05) is 12.2 Å². The molecule has 0 unspecified atom stereocenters. The predicted molar refractivity (Wildman–Crippen MR) is 135 cm³/mol. The highest BCUT2D eigenvalue weighted by Crippen LogP contribution is 2.33. The number of piperidine rings is 1. The van der Waals surface area contributed by atoms with E-state index in [4.69, 9.17) is 0 Å². The molecule has 3 heterocycles. The molecule has 0 amide bonds. The summed E-state index contributed by atoms with van der Waals surface area (Å²) in [5.74, 6) is 0.292. The highest BCUT2D eigenvalue weighted by Gasteiger charge is 2.31. The molecule has 3 N–H and O–H groups in total. The van der Waals surface area contributed by atoms with Gasteiger partial charge in [0.25, 0.3) is 0 Å². The molecule has 0 atom stereocenters. The minimum Gasteiger partial charge on any atom is -0.345 e. The van der Waals surface area contributed by atoms with Crippen LogP contribution >= 0.6 is 0 Å². The summed E-state index contributed by atoms with van der Waals surface area (Å²) in [4.78, 5) is 15.6. The summed E-state index contributed by atoms with van der Waals surface area (Å²) in [7, 11) is -3.38. The van der Waals surface area contributed by atoms with Crippen LogP contribution in [0.1, 0.15) is 29.5 Å². The van der Waals surface area contributed by atoms with Crippen LogP contribution in [0.4, 0.5) is 24.8 Å². The molecular formula is C25H23F3N6O2S. The van der Waals surface area contributed by atoms with E-state index in [9.17, 15) is 21.6 Å². The van der Waals surface area contributed by atoms with Crippen LogP contribution in [0.3, 0.4) is 0 Å². The first-order valence-corrected chi connectivity index (χ1v) is 13.1. The second-order valence-corrected chi connectivity index (χ2v) is 10.9. The first-order valence-electron chi connectivity index (χ1n) is 11.6. The van der Waals surface area contributed by atoms with Gasteiger partial charge in [-0.15, -0.1) is 0 Å². The minimum atomic E-state index is -4.48. The molecule has 1 fully saturated rings. The van der Waals surface area contributed by atoms with E-state index in [2.05, 4.69) is 30.6 Å². The van der Waals surface area contributed by atoms with Gasteiger partial charge in [-0.25, -0.2) is 23.4 Å². The molecule has 5 rings (SSSR count). The molecule has 1 aliphatic heterocycles. The largest absolute Gasteiger partial charge is 0.416 e. The molecule has 192 valence electrons. The van der Waals surface area contributed by atoms with E-state index in [1.165, 1.54) is 24.8 Å². The Morgan fingerprint density at radius 2 is 1.68 bits per heavy atom. The Kier molecular flexibility index (Phi) is 6.69. The maximum Gasteiger partial charge on any atom is 0.416 e. The Labute approximate surface area is 211 Å². The topological polar surface area (TPSA) is 113 Å². The molecule has 37 heavy (non-hydrogen) atoms. The number of nitrogens with one attached hydrogen (secondary N) is 3. The molecule has 0 radical (unpaired) electrons. The normalized spacial score (nSPS) is 15.4. The number of hydrogen-bond acceptors (Lipinski definition) is 7. The van der Waals surface area contributed by atoms with Gasteiger partial charge in [0.2, 0.25) is 5.95 Å². The lowest BCUT2D eigenvalue weighted by Gasteiger charge is -2.22. The fraction of sp³-hybridized carbons (Fsp3) is 0.240. The number of fused-ring (bicyclic) bond motifs is 1. The lowest BCUT2D eigenvalue weighted by molar-refractivity contribution is -0.137. The summed E-state index contributed by atoms with van der Waals surface area (Å²) in [6.45, 7) is 1.39. The molecule has 8 nitrogen and oxygen atoms in total. The van der Waals surface area contributed by atoms with Crippen LogP contribution in [0, 0.1) is 0 Å². The van der Waals surface area contributed by atoms with Crippen LogP contribution in [-0.2, 0) is 16.0 Å². The maximum atomic E-state index is 13.2. The third kappa shape index (κ3) is 5.49. The summed E-state index contributed by atoms with van der Waals surface area (Å²) in [5.41, 5.74) is 1.46. The van der Waals surface area contributed by atoms with Crippen LogP contribution in [-0.4, -0.2) is 46.7 Å². The molecule has 4 aromatic rings. The van der Waals surface area contributed by atoms with Gasteiger partial charge in [-0.05, 0) is 62.3 Å². The highest BCUT2D eigenvalue weighted by atomic mass is 32.2. The summed E-state index contributed by atoms with van der Waals surface area (Å²) in [6, 6.07) is 8.54. The smallest absolute Gasteiger partial charge is 0.345 e. The number of aromatic nitrogens is 4. The molecule has 1 aliphatic rings. The summed E-state index contributed by atoms with van der Waals surface area (Å²) >= 11 is 0. The number of benzene rings is 2. The predicted octanol–water partition coefficient (Wildman–Crippen LogP) is 4.81. The van der Waals surface area contributed by atoms with E-state index in [0.717, 1.165) is 12.1 Å². The second-order valence-electron chi connectivity index (χ2n) is 8.68. The zero-order chi connectivity index (χ0) is 26.0. The van der Waals surface area contributed by atoms with Crippen molar-refractivity contribution >= 4 is 44.7 Å². The molecule has 2 aromatic heterocycles. The maximum absolute atomic E-state index is 13.2. The number of aromatic amines is 1. The fourth-order valence-electron chi connectivity index (χ4n) is 4.20. The Morgan fingerprint density at radius 3 is 2.35 bits per heavy atom. The Balaban J connectivity index is 1.28. The second kappa shape index (κ2) is 9.94. The van der Waals surface area contributed by atoms with Gasteiger partial charge in [-0.2, -0.15) is 13.2 Å². The number of sulfone groups is 1. The molecule has 12 heteroatoms. The van der Waals surface area contributed by atoms with E-state index in [1.807, 2.05) is 0 Å². The molecule has 2 aromatic carbocycles. The number of hydrogen-bond donors (Lipinski definition) is 3. The number of rotatable bonds is 6. The van der Waals surface area contributed by atoms with E-state index in [0.29, 0.717) is 59.7 Å². The van der Waals surface area contributed by atoms with Gasteiger partial charge in [0, 0.05) is 29.2 Å². The van der Waals surface area contributed by atoms with Gasteiger partial charge in [0.15, 0.2) is 9.84 Å². The molecular weight excluding hydrogens is 505 g/mol. The molecule has 0 bridgehead atoms. The average Bonchev–Trinajstić information content (AvgIpc) is 3.38. The van der Waals surface area contributed by atoms with E-state index >= 15 is 0 Å². The third-order valence-corrected chi connectivity index (χ3v) is 8.45. The molecule has 0 spiro atoms. The molecule has 1 saturated heterocycles. The van der Waals surface area contributed by atoms with E-state index in [-0.39, 0.29) is 10.1 Å². The van der Waals surface area contributed by atoms with Gasteiger partial charge in [-0.3, -0.25) is 0 Å². The van der Waals surface area contributed by atoms with Crippen molar-refractivity contribution in [3.05, 3.63) is 71.8 Å². The van der Waals surface area contributed by atoms with Crippen LogP contribution in [0.25, 0.3) is 23.2 Å². The fourth-order valence-corrected chi connectivity index (χ4v) is 5.95. The minimum absolute atomic E-state index is 0.284. The number of anilines is 2. The zero-order valence-corrected chi connectivity index (χ0v) is 20.3. The van der Waals surface area contributed by atoms with Gasteiger partial charge < -0.3 is 15.6 Å². The van der Waals surface area contributed by atoms with Gasteiger partial charge in [0.1, 0.15) is 0 Å². The van der Waals surface area contributed by atoms with Gasteiger partial charge >= 0.3 is 6.18 Å². The Morgan fingerprint density at radius 1 is 0.973 bits per heavy atom. The monoisotopic (exact) mass is 528 g/mol. The SMILES string of the molecule is O=S(=O)(c1ccc(Nc2ncc(C=Cc3cc(C(F)(F)F)cc4[nH]cnc34)cn2)cc1)C1CCNCC1. The summed E-state index contributed by atoms with van der Waals surface area (Å²) in [5, 5.41) is 5.81. The number of imidazole rings is 1. The van der Waals surface area contributed by atoms with Crippen molar-refractivity contribution < 1.29 is 21.6 Å². The highest BCUT2D eigenvalue weighted by molar-refractivity contribution is 7.92. The summed E-state index contributed by atoms with van der Waals surface area (Å²) in [6.07, 6.45) is 4.25. The zero-order valence-electron chi connectivity index (χ0n) is 19.5. The van der Waals surface area contributed by atoms with Crippen LogP contribution in [0.15, 0.2) is 60.0 Å². The average molecular weight is 529 g/mol. The van der Waals surface area contributed by atoms with Crippen LogP contribution in [0.2, 0.25) is 0 Å².